The molecule has 4 rings (SSSR count). The molecule has 1 saturated heterocycles. The van der Waals surface area contributed by atoms with Gasteiger partial charge in [-0.2, -0.15) is 17.5 Å². The largest absolute Gasteiger partial charge is 0.416 e. The van der Waals surface area contributed by atoms with Crippen LogP contribution < -0.4 is 5.32 Å². The molecule has 0 unspecified atom stereocenters. The Morgan fingerprint density at radius 3 is 2.30 bits per heavy atom. The third-order valence-electron chi connectivity index (χ3n) is 6.58. The number of piperazine rings is 1. The van der Waals surface area contributed by atoms with Crippen molar-refractivity contribution in [3.05, 3.63) is 71.5 Å². The van der Waals surface area contributed by atoms with Crippen LogP contribution in [0.5, 0.6) is 0 Å². The maximum absolute atomic E-state index is 13.5. The normalized spacial score (nSPS) is 16.8. The highest BCUT2D eigenvalue weighted by molar-refractivity contribution is 7.89. The molecule has 1 aliphatic heterocycles. The highest BCUT2D eigenvalue weighted by atomic mass is 32.2. The van der Waals surface area contributed by atoms with Gasteiger partial charge in [-0.15, -0.1) is 5.10 Å². The molecule has 1 aromatic heterocycles. The number of rotatable bonds is 8. The molecular weight excluding hydrogens is 551 g/mol. The molecule has 0 radical (unpaired) electrons. The molecule has 40 heavy (non-hydrogen) atoms. The minimum absolute atomic E-state index is 0.0404. The maximum atomic E-state index is 13.5. The van der Waals surface area contributed by atoms with Crippen LogP contribution in [0.2, 0.25) is 0 Å². The van der Waals surface area contributed by atoms with Crippen molar-refractivity contribution in [2.75, 3.05) is 19.6 Å². The summed E-state index contributed by atoms with van der Waals surface area (Å²) in [4.78, 5) is 27.2. The van der Waals surface area contributed by atoms with E-state index >= 15 is 0 Å². The maximum Gasteiger partial charge on any atom is 0.416 e. The second kappa shape index (κ2) is 11.7. The van der Waals surface area contributed by atoms with Gasteiger partial charge in [0.05, 0.1) is 10.5 Å². The van der Waals surface area contributed by atoms with Crippen molar-refractivity contribution in [3.63, 3.8) is 0 Å². The monoisotopic (exact) mass is 579 g/mol. The Balaban J connectivity index is 1.56. The molecule has 0 aliphatic carbocycles. The minimum Gasteiger partial charge on any atom is -0.351 e. The predicted molar refractivity (Wildman–Crippen MR) is 136 cm³/mol. The minimum atomic E-state index is -4.64. The fraction of sp³-hybridized carbons (Fsp3) is 0.400. The van der Waals surface area contributed by atoms with E-state index in [4.69, 9.17) is 0 Å². The molecule has 15 heteroatoms. The van der Waals surface area contributed by atoms with Gasteiger partial charge in [0.2, 0.25) is 21.8 Å². The van der Waals surface area contributed by atoms with E-state index in [9.17, 15) is 31.2 Å². The number of carbonyl (C=O) groups is 2. The van der Waals surface area contributed by atoms with Gasteiger partial charge in [-0.25, -0.2) is 13.1 Å². The van der Waals surface area contributed by atoms with Crippen LogP contribution in [0.15, 0.2) is 59.8 Å². The van der Waals surface area contributed by atoms with Crippen molar-refractivity contribution >= 4 is 21.8 Å². The number of sulfonamides is 1. The first-order valence-corrected chi connectivity index (χ1v) is 13.8. The smallest absolute Gasteiger partial charge is 0.351 e. The summed E-state index contributed by atoms with van der Waals surface area (Å²) in [6.45, 7) is 3.46. The molecule has 11 nitrogen and oxygen atoms in total. The zero-order valence-electron chi connectivity index (χ0n) is 21.7. The highest BCUT2D eigenvalue weighted by Gasteiger charge is 2.41. The number of tetrazole rings is 1. The Bertz CT molecular complexity index is 1430. The van der Waals surface area contributed by atoms with Gasteiger partial charge >= 0.3 is 6.18 Å². The number of hydrogen-bond donors (Lipinski definition) is 1. The Morgan fingerprint density at radius 2 is 1.73 bits per heavy atom. The van der Waals surface area contributed by atoms with Crippen LogP contribution in [0, 0.1) is 0 Å². The first kappa shape index (κ1) is 29.1. The molecule has 3 aromatic rings. The second-order valence-electron chi connectivity index (χ2n) is 9.61. The first-order chi connectivity index (χ1) is 18.9. The molecule has 0 spiro atoms. The fourth-order valence-electron chi connectivity index (χ4n) is 4.26. The quantitative estimate of drug-likeness (QED) is 0.432. The number of aromatic nitrogens is 4. The topological polar surface area (TPSA) is 130 Å². The van der Waals surface area contributed by atoms with E-state index in [2.05, 4.69) is 34.7 Å². The third-order valence-corrected chi connectivity index (χ3v) is 8.50. The molecule has 1 fully saturated rings. The van der Waals surface area contributed by atoms with Crippen molar-refractivity contribution in [1.29, 1.82) is 0 Å². The summed E-state index contributed by atoms with van der Waals surface area (Å²) in [5, 5.41) is 13.3. The number of benzene rings is 2. The van der Waals surface area contributed by atoms with Gasteiger partial charge in [-0.05, 0) is 51.7 Å². The van der Waals surface area contributed by atoms with E-state index in [1.165, 1.54) is 15.9 Å². The van der Waals surface area contributed by atoms with Crippen LogP contribution >= 0.6 is 0 Å². The van der Waals surface area contributed by atoms with Gasteiger partial charge in [0, 0.05) is 26.2 Å². The van der Waals surface area contributed by atoms with E-state index in [0.29, 0.717) is 18.1 Å². The number of hydrogen-bond acceptors (Lipinski definition) is 7. The van der Waals surface area contributed by atoms with E-state index in [-0.39, 0.29) is 32.7 Å². The summed E-state index contributed by atoms with van der Waals surface area (Å²) in [5.41, 5.74) is 0.910. The van der Waals surface area contributed by atoms with E-state index in [0.717, 1.165) is 27.6 Å². The van der Waals surface area contributed by atoms with Crippen LogP contribution in [0.3, 0.4) is 0 Å². The van der Waals surface area contributed by atoms with E-state index in [1.807, 2.05) is 24.3 Å². The van der Waals surface area contributed by atoms with Gasteiger partial charge in [-0.1, -0.05) is 38.1 Å². The molecule has 214 valence electrons. The average Bonchev–Trinajstić information content (AvgIpc) is 3.44. The summed E-state index contributed by atoms with van der Waals surface area (Å²) in [5.74, 6) is -0.754. The highest BCUT2D eigenvalue weighted by Crippen LogP contribution is 2.31. The Hall–Kier alpha value is -3.85. The third kappa shape index (κ3) is 6.65. The second-order valence-corrected chi connectivity index (χ2v) is 11.5. The standard InChI is InChI=1S/C25H28F3N7O4S/c1-17(2)19-5-3-18(4-6-19)13-29-24(37)22-14-33(23(36)15-34-16-30-31-32-34)11-12-35(22)40(38,39)21-9-7-20(8-10-21)25(26,27)28/h3-10,16-17,22H,11-15H2,1-2H3,(H,29,37)/t22-/m1/s1. The molecule has 1 N–H and O–H groups in total. The van der Waals surface area contributed by atoms with E-state index < -0.39 is 44.5 Å². The predicted octanol–water partition coefficient (Wildman–Crippen LogP) is 2.03. The van der Waals surface area contributed by atoms with Gasteiger partial charge in [0.1, 0.15) is 18.9 Å². The number of carbonyl (C=O) groups excluding carboxylic acids is 2. The van der Waals surface area contributed by atoms with Crippen LogP contribution in [-0.4, -0.2) is 75.3 Å². The molecule has 1 aliphatic rings. The summed E-state index contributed by atoms with van der Waals surface area (Å²) < 4.78 is 68.2. The van der Waals surface area contributed by atoms with Gasteiger partial charge < -0.3 is 10.2 Å². The lowest BCUT2D eigenvalue weighted by Gasteiger charge is -2.39. The summed E-state index contributed by atoms with van der Waals surface area (Å²) >= 11 is 0. The van der Waals surface area contributed by atoms with Crippen LogP contribution in [0.4, 0.5) is 13.2 Å². The summed E-state index contributed by atoms with van der Waals surface area (Å²) in [6.07, 6.45) is -3.39. The number of amides is 2. The number of nitrogens with zero attached hydrogens (tertiary/aromatic N) is 6. The lowest BCUT2D eigenvalue weighted by molar-refractivity contribution is -0.138. The molecule has 2 heterocycles. The number of alkyl halides is 3. The van der Waals surface area contributed by atoms with Crippen molar-refractivity contribution in [2.45, 2.75) is 50.0 Å². The Kier molecular flexibility index (Phi) is 8.54. The van der Waals surface area contributed by atoms with Gasteiger partial charge in [0.25, 0.3) is 0 Å². The van der Waals surface area contributed by atoms with Crippen molar-refractivity contribution < 1.29 is 31.2 Å². The Labute approximate surface area is 229 Å². The van der Waals surface area contributed by atoms with Crippen LogP contribution in [0.25, 0.3) is 0 Å². The Morgan fingerprint density at radius 1 is 1.05 bits per heavy atom. The molecule has 1 atom stereocenters. The summed E-state index contributed by atoms with van der Waals surface area (Å²) in [6, 6.07) is 9.33. The molecule has 2 aromatic carbocycles. The zero-order valence-corrected chi connectivity index (χ0v) is 22.6. The average molecular weight is 580 g/mol. The van der Waals surface area contributed by atoms with Crippen molar-refractivity contribution in [3.8, 4) is 0 Å². The SMILES string of the molecule is CC(C)c1ccc(CNC(=O)[C@H]2CN(C(=O)Cn3cnnn3)CCN2S(=O)(=O)c2ccc(C(F)(F)F)cc2)cc1. The molecular formula is C25H28F3N7O4S. The fourth-order valence-corrected chi connectivity index (χ4v) is 5.83. The van der Waals surface area contributed by atoms with Crippen LogP contribution in [-0.2, 0) is 38.9 Å². The lowest BCUT2D eigenvalue weighted by atomic mass is 10.0. The molecule has 2 amide bonds. The lowest BCUT2D eigenvalue weighted by Crippen LogP contribution is -2.61. The van der Waals surface area contributed by atoms with Crippen LogP contribution in [0.1, 0.15) is 36.5 Å². The molecule has 0 bridgehead atoms. The van der Waals surface area contributed by atoms with Crippen molar-refractivity contribution in [1.82, 2.24) is 34.7 Å². The molecule has 0 saturated carbocycles. The van der Waals surface area contributed by atoms with E-state index in [1.54, 1.807) is 0 Å². The zero-order chi connectivity index (χ0) is 29.1. The number of nitrogens with one attached hydrogen (secondary N) is 1. The first-order valence-electron chi connectivity index (χ1n) is 12.4. The number of halogens is 3. The van der Waals surface area contributed by atoms with Crippen molar-refractivity contribution in [2.24, 2.45) is 0 Å². The van der Waals surface area contributed by atoms with Gasteiger partial charge in [0.15, 0.2) is 0 Å². The summed E-state index contributed by atoms with van der Waals surface area (Å²) in [7, 11) is -4.39. The van der Waals surface area contributed by atoms with Gasteiger partial charge in [-0.3, -0.25) is 9.59 Å².